The van der Waals surface area contributed by atoms with Gasteiger partial charge in [0.1, 0.15) is 0 Å². The number of hydrogen-bond donors (Lipinski definition) is 1. The first-order valence-electron chi connectivity index (χ1n) is 10.7. The van der Waals surface area contributed by atoms with Gasteiger partial charge >= 0.3 is 6.18 Å². The maximum absolute atomic E-state index is 13.5. The van der Waals surface area contributed by atoms with E-state index in [0.29, 0.717) is 26.3 Å². The molecule has 1 aliphatic rings. The summed E-state index contributed by atoms with van der Waals surface area (Å²) in [5.41, 5.74) is -2.11. The molecule has 1 atom stereocenters. The quantitative estimate of drug-likeness (QED) is 0.571. The second kappa shape index (κ2) is 10.1. The van der Waals surface area contributed by atoms with Crippen molar-refractivity contribution < 1.29 is 22.7 Å². The van der Waals surface area contributed by atoms with Crippen molar-refractivity contribution in [3.63, 3.8) is 0 Å². The van der Waals surface area contributed by atoms with Crippen LogP contribution in [0.15, 0.2) is 52.6 Å². The van der Waals surface area contributed by atoms with Crippen LogP contribution >= 0.6 is 11.3 Å². The highest BCUT2D eigenvalue weighted by Gasteiger charge is 2.34. The molecule has 0 unspecified atom stereocenters. The zero-order valence-corrected chi connectivity index (χ0v) is 19.2. The van der Waals surface area contributed by atoms with E-state index >= 15 is 0 Å². The van der Waals surface area contributed by atoms with Gasteiger partial charge < -0.3 is 10.1 Å². The molecule has 34 heavy (non-hydrogen) atoms. The summed E-state index contributed by atoms with van der Waals surface area (Å²) in [5.74, 6) is -0.738. The van der Waals surface area contributed by atoms with Gasteiger partial charge in [0.25, 0.3) is 5.91 Å². The number of ether oxygens (including phenoxy) is 1. The van der Waals surface area contributed by atoms with Gasteiger partial charge in [0, 0.05) is 36.3 Å². The Balaban J connectivity index is 1.61. The van der Waals surface area contributed by atoms with Gasteiger partial charge in [0.2, 0.25) is 5.43 Å². The largest absolute Gasteiger partial charge is 0.418 e. The summed E-state index contributed by atoms with van der Waals surface area (Å²) < 4.78 is 47.0. The molecule has 7 nitrogen and oxygen atoms in total. The number of nitrogens with zero attached hydrogens (tertiary/aromatic N) is 3. The third kappa shape index (κ3) is 5.21. The van der Waals surface area contributed by atoms with Gasteiger partial charge in [-0.05, 0) is 30.5 Å². The van der Waals surface area contributed by atoms with E-state index in [1.54, 1.807) is 11.3 Å². The topological polar surface area (TPSA) is 76.5 Å². The zero-order valence-electron chi connectivity index (χ0n) is 18.3. The number of para-hydroxylation sites is 1. The number of carbonyl (C=O) groups is 1. The maximum Gasteiger partial charge on any atom is 0.418 e. The number of thiophene rings is 1. The van der Waals surface area contributed by atoms with E-state index in [-0.39, 0.29) is 24.0 Å². The highest BCUT2D eigenvalue weighted by molar-refractivity contribution is 7.10. The van der Waals surface area contributed by atoms with Crippen LogP contribution in [0.25, 0.3) is 5.69 Å². The van der Waals surface area contributed by atoms with Crippen LogP contribution in [0.3, 0.4) is 0 Å². The van der Waals surface area contributed by atoms with Gasteiger partial charge in [-0.1, -0.05) is 18.2 Å². The number of aryl methyl sites for hydroxylation is 1. The first-order chi connectivity index (χ1) is 16.3. The number of alkyl halides is 3. The fourth-order valence-electron chi connectivity index (χ4n) is 3.90. The Hall–Kier alpha value is -3.02. The second-order valence-electron chi connectivity index (χ2n) is 7.81. The van der Waals surface area contributed by atoms with Crippen LogP contribution in [-0.2, 0) is 10.9 Å². The summed E-state index contributed by atoms with van der Waals surface area (Å²) >= 11 is 1.56. The van der Waals surface area contributed by atoms with Crippen LogP contribution in [0.2, 0.25) is 0 Å². The molecule has 1 amide bonds. The van der Waals surface area contributed by atoms with Crippen molar-refractivity contribution >= 4 is 17.2 Å². The molecule has 3 heterocycles. The Morgan fingerprint density at radius 1 is 1.21 bits per heavy atom. The van der Waals surface area contributed by atoms with Crippen LogP contribution in [0, 0.1) is 6.92 Å². The number of amides is 1. The number of nitrogens with one attached hydrogen (secondary N) is 1. The van der Waals surface area contributed by atoms with Crippen LogP contribution in [0.5, 0.6) is 0 Å². The number of hydrogen-bond acceptors (Lipinski definition) is 6. The average Bonchev–Trinajstić information content (AvgIpc) is 3.34. The lowest BCUT2D eigenvalue weighted by Crippen LogP contribution is -2.44. The summed E-state index contributed by atoms with van der Waals surface area (Å²) in [6.07, 6.45) is -4.62. The molecule has 4 rings (SSSR count). The van der Waals surface area contributed by atoms with Crippen molar-refractivity contribution in [1.82, 2.24) is 20.0 Å². The van der Waals surface area contributed by atoms with Crippen LogP contribution in [0.1, 0.15) is 32.7 Å². The van der Waals surface area contributed by atoms with E-state index in [9.17, 15) is 22.8 Å². The molecule has 0 bridgehead atoms. The van der Waals surface area contributed by atoms with Crippen LogP contribution in [-0.4, -0.2) is 53.4 Å². The van der Waals surface area contributed by atoms with E-state index in [2.05, 4.69) is 15.3 Å². The second-order valence-corrected chi connectivity index (χ2v) is 8.79. The lowest BCUT2D eigenvalue weighted by Gasteiger charge is -2.34. The van der Waals surface area contributed by atoms with Crippen molar-refractivity contribution in [2.45, 2.75) is 19.1 Å². The van der Waals surface area contributed by atoms with Gasteiger partial charge in [0.15, 0.2) is 5.69 Å². The molecule has 1 N–H and O–H groups in total. The zero-order chi connectivity index (χ0) is 24.3. The van der Waals surface area contributed by atoms with Crippen molar-refractivity contribution in [3.8, 4) is 5.69 Å². The molecule has 11 heteroatoms. The normalized spacial score (nSPS) is 15.8. The van der Waals surface area contributed by atoms with E-state index in [1.807, 2.05) is 17.5 Å². The molecule has 1 saturated heterocycles. The molecular formula is C23H23F3N4O3S. The van der Waals surface area contributed by atoms with E-state index in [0.717, 1.165) is 21.7 Å². The molecule has 3 aromatic rings. The molecule has 0 radical (unpaired) electrons. The molecule has 0 aliphatic carbocycles. The van der Waals surface area contributed by atoms with E-state index < -0.39 is 28.8 Å². The highest BCUT2D eigenvalue weighted by atomic mass is 32.1. The first kappa shape index (κ1) is 24.1. The van der Waals surface area contributed by atoms with E-state index in [1.165, 1.54) is 25.1 Å². The SMILES string of the molecule is Cc1cc(=O)c(C(=O)NC[C@@H](c2cccs2)N2CCOCC2)nn1-c1ccccc1C(F)(F)F. The van der Waals surface area contributed by atoms with Gasteiger partial charge in [-0.25, -0.2) is 4.68 Å². The molecule has 180 valence electrons. The van der Waals surface area contributed by atoms with Crippen molar-refractivity contribution in [2.24, 2.45) is 0 Å². The van der Waals surface area contributed by atoms with Gasteiger partial charge in [0.05, 0.1) is 30.5 Å². The van der Waals surface area contributed by atoms with E-state index in [4.69, 9.17) is 4.74 Å². The molecule has 1 fully saturated rings. The van der Waals surface area contributed by atoms with Crippen molar-refractivity contribution in [1.29, 1.82) is 0 Å². The average molecular weight is 493 g/mol. The predicted octanol–water partition coefficient (Wildman–Crippen LogP) is 3.42. The summed E-state index contributed by atoms with van der Waals surface area (Å²) in [5, 5.41) is 8.73. The third-order valence-electron chi connectivity index (χ3n) is 5.57. The summed E-state index contributed by atoms with van der Waals surface area (Å²) in [4.78, 5) is 28.7. The Morgan fingerprint density at radius 3 is 2.62 bits per heavy atom. The Labute approximate surface area is 197 Å². The monoisotopic (exact) mass is 492 g/mol. The van der Waals surface area contributed by atoms with Gasteiger partial charge in [-0.2, -0.15) is 18.3 Å². The minimum atomic E-state index is -4.62. The maximum atomic E-state index is 13.5. The van der Waals surface area contributed by atoms with Gasteiger partial charge in [-0.3, -0.25) is 14.5 Å². The number of rotatable bonds is 6. The highest BCUT2D eigenvalue weighted by Crippen LogP contribution is 2.33. The summed E-state index contributed by atoms with van der Waals surface area (Å²) in [6, 6.07) is 9.80. The summed E-state index contributed by atoms with van der Waals surface area (Å²) in [7, 11) is 0. The lowest BCUT2D eigenvalue weighted by molar-refractivity contribution is -0.137. The number of morpholine rings is 1. The Kier molecular flexibility index (Phi) is 7.15. The van der Waals surface area contributed by atoms with Crippen LogP contribution < -0.4 is 10.7 Å². The minimum Gasteiger partial charge on any atom is -0.379 e. The standard InChI is InChI=1S/C23H23F3N4O3S/c1-15-13-19(31)21(28-30(15)17-6-3-2-5-16(17)23(24,25)26)22(32)27-14-18(20-7-4-12-34-20)29-8-10-33-11-9-29/h2-7,12-13,18H,8-11,14H2,1H3,(H,27,32)/t18-/m0/s1. The Bertz CT molecular complexity index is 1200. The van der Waals surface area contributed by atoms with Gasteiger partial charge in [-0.15, -0.1) is 11.3 Å². The number of benzene rings is 1. The summed E-state index contributed by atoms with van der Waals surface area (Å²) in [6.45, 7) is 4.24. The predicted molar refractivity (Wildman–Crippen MR) is 121 cm³/mol. The smallest absolute Gasteiger partial charge is 0.379 e. The molecule has 0 saturated carbocycles. The minimum absolute atomic E-state index is 0.119. The fraction of sp³-hybridized carbons (Fsp3) is 0.348. The van der Waals surface area contributed by atoms with Crippen LogP contribution in [0.4, 0.5) is 13.2 Å². The fourth-order valence-corrected chi connectivity index (χ4v) is 4.76. The first-order valence-corrected chi connectivity index (χ1v) is 11.5. The molecule has 2 aromatic heterocycles. The third-order valence-corrected chi connectivity index (χ3v) is 6.55. The molecule has 1 aromatic carbocycles. The number of carbonyl (C=O) groups excluding carboxylic acids is 1. The van der Waals surface area contributed by atoms with Crippen molar-refractivity contribution in [3.05, 3.63) is 79.9 Å². The number of halogens is 3. The lowest BCUT2D eigenvalue weighted by atomic mass is 10.1. The molecule has 0 spiro atoms. The molecular weight excluding hydrogens is 469 g/mol. The molecule has 1 aliphatic heterocycles. The number of aromatic nitrogens is 2. The Morgan fingerprint density at radius 2 is 1.94 bits per heavy atom. The van der Waals surface area contributed by atoms with Crippen molar-refractivity contribution in [2.75, 3.05) is 32.8 Å².